The lowest BCUT2D eigenvalue weighted by Crippen LogP contribution is -2.45. The molecule has 15 heterocycles. The van der Waals surface area contributed by atoms with E-state index in [1.165, 1.54) is 229 Å². The molecular formula is C95H128Cl3N17O8S4. The minimum Gasteiger partial charge on any atom is -0.390 e. The van der Waals surface area contributed by atoms with Gasteiger partial charge in [0.15, 0.2) is 0 Å². The van der Waals surface area contributed by atoms with E-state index in [-0.39, 0.29) is 13.2 Å². The number of nitrogens with zero attached hydrogens (tertiary/aromatic N) is 7. The van der Waals surface area contributed by atoms with Crippen LogP contribution < -0.4 is 55.7 Å². The van der Waals surface area contributed by atoms with Gasteiger partial charge in [0, 0.05) is 139 Å². The molecule has 127 heavy (non-hydrogen) atoms. The molecular weight excluding hydrogens is 1740 g/mol. The van der Waals surface area contributed by atoms with Crippen molar-refractivity contribution in [2.75, 3.05) is 105 Å². The predicted molar refractivity (Wildman–Crippen MR) is 524 cm³/mol. The maximum Gasteiger partial charge on any atom is 0.324 e. The normalized spacial score (nSPS) is 20.9. The Bertz CT molecular complexity index is 4980. The highest BCUT2D eigenvalue weighted by molar-refractivity contribution is 7.18. The Hall–Kier alpha value is -8.72. The number of urea groups is 2. The highest BCUT2D eigenvalue weighted by atomic mass is 35.5. The molecule has 3 aromatic carbocycles. The van der Waals surface area contributed by atoms with Crippen LogP contribution in [0.5, 0.6) is 0 Å². The van der Waals surface area contributed by atoms with E-state index in [1.54, 1.807) is 84.1 Å². The van der Waals surface area contributed by atoms with Gasteiger partial charge in [-0.3, -0.25) is 59.1 Å². The Labute approximate surface area is 783 Å². The summed E-state index contributed by atoms with van der Waals surface area (Å²) in [6.07, 6.45) is 52.3. The number of thiophene rings is 4. The number of aliphatic imine (C=N–C) groups is 1. The summed E-state index contributed by atoms with van der Waals surface area (Å²) in [5.74, 6) is 1.44. The number of primary amides is 4. The molecule has 5 unspecified atom stereocenters. The molecule has 4 aromatic heterocycles. The van der Waals surface area contributed by atoms with Crippen LogP contribution in [0.15, 0.2) is 77.8 Å². The monoisotopic (exact) mass is 1870 g/mol. The van der Waals surface area contributed by atoms with Gasteiger partial charge in [-0.1, -0.05) is 112 Å². The van der Waals surface area contributed by atoms with Crippen LogP contribution in [0.4, 0.5) is 46.7 Å². The van der Waals surface area contributed by atoms with Crippen LogP contribution in [0.2, 0.25) is 15.1 Å². The molecule has 7 saturated heterocycles. The number of halogens is 3. The van der Waals surface area contributed by atoms with Crippen LogP contribution in [0.25, 0.3) is 0 Å². The molecule has 0 bridgehead atoms. The number of carbonyl (C=O) groups is 7. The van der Waals surface area contributed by atoms with Crippen molar-refractivity contribution in [2.45, 2.75) is 242 Å². The summed E-state index contributed by atoms with van der Waals surface area (Å²) in [6, 6.07) is 22.0. The summed E-state index contributed by atoms with van der Waals surface area (Å²) in [7, 11) is 0. The van der Waals surface area contributed by atoms with Gasteiger partial charge >= 0.3 is 12.1 Å². The zero-order valence-electron chi connectivity index (χ0n) is 74.8. The van der Waals surface area contributed by atoms with Crippen molar-refractivity contribution in [3.63, 3.8) is 0 Å². The van der Waals surface area contributed by atoms with Crippen molar-refractivity contribution < 1.29 is 42.8 Å². The molecule has 25 nitrogen and oxygen atoms in total. The van der Waals surface area contributed by atoms with Gasteiger partial charge in [-0.25, -0.2) is 14.4 Å². The standard InChI is InChI=1S/2C19H21ClN4O2S.2C12H17N3OS.C9H15NO.C9H15N.C7H4ClNO.C6H12.C2H2.2H2/c20-11-4-6-12(7-5-11)22-19(26)23-18-15(17(21)25)13-8-10-24-9-2-1-3-14(24)16(13)27-18;20-11-4-6-12(7-5-11)22-19(26)23-18-16(17(21)25)14-9-13-3-1-2-8-24(13)10-15(14)27-18;13-11(16)9-7-4-6-15-5-2-1-3-8(15)10(7)17-12(9)14;13-11(16)10-8-5-7-3-1-2-4-15(7)6-9(8)17-12(10)14;11-9-4-6-10-5-2-1-3-8(10)7-9;1-2-3-7-10-8-5-4-6-9-10;8-6-1-3-7(4-2-6)9-5-10;1-2-4-6-5-3-1;1-2;;/h4-7,14H,1-3,8-10H2,(H2,21,25)(H2,22,23,26);4-7,13H,1-3,8-10H2,(H2,21,25)(H2,22,23,26);8H,1-6,14H2,(H2,13,16);7H,1-6,14H2,(H2,13,16);8H,1-7H2;1H,3-9H2;1-4H;1-6H2;1-2H;2*1H/i;;;;;;;;;1+2T;1+2. The van der Waals surface area contributed by atoms with E-state index in [9.17, 15) is 38.4 Å². The number of Topliss-reactive ketones (excluding diaryl/α,β-unsaturated/α-hetero) is 1. The summed E-state index contributed by atoms with van der Waals surface area (Å²) < 4.78 is 10.0. The molecule has 686 valence electrons. The minimum absolute atomic E-state index is 0. The van der Waals surface area contributed by atoms with Crippen molar-refractivity contribution in [3.05, 3.63) is 152 Å². The third kappa shape index (κ3) is 27.9. The number of amides is 8. The fourth-order valence-corrected chi connectivity index (χ4v) is 24.8. The highest BCUT2D eigenvalue weighted by Gasteiger charge is 2.40. The van der Waals surface area contributed by atoms with Crippen LogP contribution in [0, 0.1) is 25.2 Å². The zero-order chi connectivity index (χ0) is 92.5. The van der Waals surface area contributed by atoms with E-state index in [4.69, 9.17) is 78.6 Å². The van der Waals surface area contributed by atoms with Crippen LogP contribution in [-0.2, 0) is 48.4 Å². The molecule has 5 atom stereocenters. The fourth-order valence-electron chi connectivity index (χ4n) is 19.3. The molecule has 0 radical (unpaired) electrons. The number of nitrogen functional groups attached to an aromatic ring is 2. The number of nitrogens with one attached hydrogen (secondary N) is 4. The first kappa shape index (κ1) is 97.3. The third-order valence-corrected chi connectivity index (χ3v) is 30.9. The molecule has 0 spiro atoms. The number of ketones is 1. The van der Waals surface area contributed by atoms with Gasteiger partial charge in [-0.05, 0) is 244 Å². The van der Waals surface area contributed by atoms with Crippen molar-refractivity contribution in [2.24, 2.45) is 27.9 Å². The van der Waals surface area contributed by atoms with Gasteiger partial charge in [0.1, 0.15) is 15.8 Å². The van der Waals surface area contributed by atoms with E-state index in [1.807, 2.05) is 0 Å². The number of carbonyl (C=O) groups excluding carboxylic acids is 8. The molecule has 19 rings (SSSR count). The topological polar surface area (TPSA) is 373 Å². The Balaban J connectivity index is 0.000000173. The summed E-state index contributed by atoms with van der Waals surface area (Å²) in [6.45, 7) is 14.2. The van der Waals surface area contributed by atoms with Crippen molar-refractivity contribution in [1.29, 1.82) is 0 Å². The molecule has 11 aliphatic heterocycles. The van der Waals surface area contributed by atoms with E-state index in [0.29, 0.717) is 110 Å². The Morgan fingerprint density at radius 3 is 1.28 bits per heavy atom. The highest BCUT2D eigenvalue weighted by Crippen LogP contribution is 2.48. The molecule has 16 N–H and O–H groups in total. The smallest absolute Gasteiger partial charge is 0.324 e. The maximum absolute atomic E-state index is 12.4. The van der Waals surface area contributed by atoms with Gasteiger partial charge in [-0.15, -0.1) is 70.5 Å². The summed E-state index contributed by atoms with van der Waals surface area (Å²) in [5, 5.41) is 15.2. The SMILES string of the molecule is C#C.C#CCCN1CCCCC1.C1CCCCC1.NC(=O)c1c(N)sc2c1CC1CCCCN1C2.NC(=O)c1c(N)sc2c1CCN1CCCCC21.NC(=O)c1c(NC(=O)Nc2ccc(Cl)cc2)sc2c1CC1CCCCN1C2.NC(=O)c1c(NC(=O)Nc2ccc(Cl)cc2)sc2c1CCN1CCCCC21.O=C1CCN2CCCCC2C1.O=C=Nc1ccc(Cl)cc1.[3HH].[3H][3H]. The summed E-state index contributed by atoms with van der Waals surface area (Å²) in [5.41, 5.74) is 42.2. The molecule has 8 fully saturated rings. The van der Waals surface area contributed by atoms with Crippen LogP contribution in [0.1, 0.15) is 273 Å². The Morgan fingerprint density at radius 1 is 0.433 bits per heavy atom. The van der Waals surface area contributed by atoms with E-state index in [0.717, 1.165) is 137 Å². The van der Waals surface area contributed by atoms with E-state index >= 15 is 0 Å². The number of piperidine rings is 7. The molecule has 1 aliphatic carbocycles. The van der Waals surface area contributed by atoms with Gasteiger partial charge in [0.25, 0.3) is 23.6 Å². The predicted octanol–water partition coefficient (Wildman–Crippen LogP) is 19.2. The largest absolute Gasteiger partial charge is 0.390 e. The number of nitrogens with two attached hydrogens (primary N) is 6. The van der Waals surface area contributed by atoms with Gasteiger partial charge in [0.05, 0.1) is 37.9 Å². The van der Waals surface area contributed by atoms with Crippen molar-refractivity contribution >= 4 is 165 Å². The Kier molecular flexibility index (Phi) is 38.2. The molecule has 12 aliphatic rings. The summed E-state index contributed by atoms with van der Waals surface area (Å²) >= 11 is 23.3. The first-order chi connectivity index (χ1) is 62.5. The number of rotatable bonds is 11. The zero-order valence-corrected chi connectivity index (χ0v) is 78.3. The number of likely N-dealkylation sites (tertiary alicyclic amines) is 1. The number of hydrogen-bond donors (Lipinski definition) is 10. The summed E-state index contributed by atoms with van der Waals surface area (Å²) in [4.78, 5) is 116. The number of isocyanates is 1. The Morgan fingerprint density at radius 2 is 0.803 bits per heavy atom. The number of benzene rings is 3. The molecule has 8 amide bonds. The lowest BCUT2D eigenvalue weighted by Gasteiger charge is -2.39. The second-order valence-electron chi connectivity index (χ2n) is 34.0. The number of terminal acetylenes is 2. The quantitative estimate of drug-likeness (QED) is 0.0327. The van der Waals surface area contributed by atoms with Gasteiger partial charge < -0.3 is 49.9 Å². The van der Waals surface area contributed by atoms with E-state index < -0.39 is 23.9 Å². The first-order valence-electron chi connectivity index (χ1n) is 46.0. The minimum atomic E-state index is -0.487. The first-order valence-corrected chi connectivity index (χ1v) is 49.4. The number of hydrogen-bond acceptors (Lipinski definition) is 21. The third-order valence-electron chi connectivity index (χ3n) is 25.6. The molecule has 7 aromatic rings. The van der Waals surface area contributed by atoms with E-state index in [2.05, 4.69) is 74.4 Å². The lowest BCUT2D eigenvalue weighted by molar-refractivity contribution is -0.123. The fraction of sp³-hybridized carbons (Fsp3) is 0.516. The second kappa shape index (κ2) is 49.9. The average Bonchev–Trinajstić information content (AvgIpc) is 1.61. The molecule has 1 saturated carbocycles. The average molecular weight is 1880 g/mol. The second-order valence-corrected chi connectivity index (χ2v) is 39.7. The van der Waals surface area contributed by atoms with Crippen LogP contribution >= 0.6 is 80.1 Å². The lowest BCUT2D eigenvalue weighted by atomic mass is 9.90. The van der Waals surface area contributed by atoms with Crippen LogP contribution in [-0.4, -0.2) is 167 Å². The van der Waals surface area contributed by atoms with Gasteiger partial charge in [-0.2, -0.15) is 4.99 Å². The van der Waals surface area contributed by atoms with Crippen LogP contribution in [0.3, 0.4) is 0 Å². The van der Waals surface area contributed by atoms with Gasteiger partial charge in [0.2, 0.25) is 6.08 Å². The number of fused-ring (bicyclic) bond motifs is 11. The van der Waals surface area contributed by atoms with Crippen molar-refractivity contribution in [3.8, 4) is 25.2 Å². The molecule has 32 heteroatoms. The maximum atomic E-state index is 12.4. The van der Waals surface area contributed by atoms with Crippen molar-refractivity contribution in [1.82, 2.24) is 29.4 Å². The number of anilines is 6.